The minimum Gasteiger partial charge on any atom is -0.282 e. The minimum absolute atomic E-state index is 0.113. The lowest BCUT2D eigenvalue weighted by Crippen LogP contribution is -2.19. The van der Waals surface area contributed by atoms with E-state index < -0.39 is 10.1 Å². The van der Waals surface area contributed by atoms with Gasteiger partial charge in [-0.25, -0.2) is 0 Å². The fourth-order valence-electron chi connectivity index (χ4n) is 1.95. The highest BCUT2D eigenvalue weighted by molar-refractivity contribution is 7.89. The second-order valence-corrected chi connectivity index (χ2v) is 5.16. The Balaban J connectivity index is 2.29. The molecule has 17 heavy (non-hydrogen) atoms. The van der Waals surface area contributed by atoms with Crippen LogP contribution in [0.1, 0.15) is 11.1 Å². The number of benzene rings is 1. The summed E-state index contributed by atoms with van der Waals surface area (Å²) in [6.07, 6.45) is 0.113. The minimum atomic E-state index is -4.28. The van der Waals surface area contributed by atoms with Crippen molar-refractivity contribution in [2.45, 2.75) is 6.42 Å². The fourth-order valence-corrected chi connectivity index (χ4v) is 2.67. The number of allylic oxidation sites excluding steroid dienone is 2. The Bertz CT molecular complexity index is 701. The van der Waals surface area contributed by atoms with E-state index in [0.717, 1.165) is 11.1 Å². The average molecular weight is 249 g/mol. The van der Waals surface area contributed by atoms with E-state index in [1.165, 1.54) is 0 Å². The summed E-state index contributed by atoms with van der Waals surface area (Å²) in [5.41, 5.74) is 2.14. The highest BCUT2D eigenvalue weighted by Crippen LogP contribution is 2.32. The molecule has 1 aliphatic heterocycles. The van der Waals surface area contributed by atoms with Crippen molar-refractivity contribution in [3.05, 3.63) is 46.0 Å². The molecule has 0 spiro atoms. The molecule has 0 amide bonds. The molecule has 1 aromatic carbocycles. The highest BCUT2D eigenvalue weighted by Gasteiger charge is 2.32. The zero-order valence-electron chi connectivity index (χ0n) is 8.53. The maximum atomic E-state index is 11.3. The standard InChI is InChI=1S/C10H7N3O3S/c14-17(15,16)8-5-6-3-1-2-4-7(6)9-10(8)12-13-11-9/h1-4H,5H2,(H,14,15,16). The van der Waals surface area contributed by atoms with Crippen molar-refractivity contribution in [3.8, 4) is 0 Å². The van der Waals surface area contributed by atoms with E-state index in [2.05, 4.69) is 15.4 Å². The zero-order valence-corrected chi connectivity index (χ0v) is 9.35. The Morgan fingerprint density at radius 3 is 2.76 bits per heavy atom. The quantitative estimate of drug-likeness (QED) is 0.764. The maximum Gasteiger partial charge on any atom is 0.293 e. The van der Waals surface area contributed by atoms with Crippen molar-refractivity contribution >= 4 is 15.8 Å². The average Bonchev–Trinajstić information content (AvgIpc) is 2.75. The molecule has 6 nitrogen and oxygen atoms in total. The molecule has 1 aromatic rings. The third-order valence-electron chi connectivity index (χ3n) is 2.71. The van der Waals surface area contributed by atoms with Crippen LogP contribution in [0.2, 0.25) is 0 Å². The van der Waals surface area contributed by atoms with Gasteiger partial charge in [0, 0.05) is 12.0 Å². The first-order valence-electron chi connectivity index (χ1n) is 4.85. The molecule has 0 radical (unpaired) electrons. The molecular weight excluding hydrogens is 242 g/mol. The van der Waals surface area contributed by atoms with Crippen LogP contribution >= 0.6 is 0 Å². The Morgan fingerprint density at radius 1 is 1.24 bits per heavy atom. The lowest BCUT2D eigenvalue weighted by Gasteiger charge is -2.17. The molecule has 1 N–H and O–H groups in total. The molecule has 0 saturated heterocycles. The third kappa shape index (κ3) is 1.51. The topological polar surface area (TPSA) is 91.5 Å². The fraction of sp³-hybridized carbons (Fsp3) is 0.100. The van der Waals surface area contributed by atoms with Gasteiger partial charge in [-0.3, -0.25) is 4.55 Å². The van der Waals surface area contributed by atoms with Crippen LogP contribution in [0.3, 0.4) is 0 Å². The van der Waals surface area contributed by atoms with Crippen LogP contribution in [0.5, 0.6) is 0 Å². The van der Waals surface area contributed by atoms with E-state index >= 15 is 0 Å². The van der Waals surface area contributed by atoms with Crippen LogP contribution in [0.4, 0.5) is 0 Å². The molecule has 0 fully saturated rings. The van der Waals surface area contributed by atoms with Crippen LogP contribution in [0.15, 0.2) is 50.3 Å². The summed E-state index contributed by atoms with van der Waals surface area (Å²) in [6.45, 7) is 0. The predicted octanol–water partition coefficient (Wildman–Crippen LogP) is 1.51. The molecular formula is C10H7N3O3S. The molecule has 0 atom stereocenters. The normalized spacial score (nSPS) is 17.8. The summed E-state index contributed by atoms with van der Waals surface area (Å²) < 4.78 is 31.7. The van der Waals surface area contributed by atoms with Crippen LogP contribution in [0, 0.1) is 0 Å². The first-order valence-corrected chi connectivity index (χ1v) is 6.29. The number of fused-ring (bicyclic) bond motifs is 3. The molecule has 3 rings (SSSR count). The molecule has 0 saturated carbocycles. The highest BCUT2D eigenvalue weighted by atomic mass is 32.2. The van der Waals surface area contributed by atoms with Gasteiger partial charge in [-0.05, 0) is 10.8 Å². The Hall–Kier alpha value is -1.86. The van der Waals surface area contributed by atoms with Gasteiger partial charge in [0.15, 0.2) is 0 Å². The van der Waals surface area contributed by atoms with Crippen molar-refractivity contribution in [3.63, 3.8) is 0 Å². The van der Waals surface area contributed by atoms with Gasteiger partial charge in [-0.2, -0.15) is 8.42 Å². The number of hydrogen-bond acceptors (Lipinski definition) is 5. The van der Waals surface area contributed by atoms with Gasteiger partial charge in [-0.1, -0.05) is 24.3 Å². The van der Waals surface area contributed by atoms with Crippen molar-refractivity contribution in [2.75, 3.05) is 0 Å². The van der Waals surface area contributed by atoms with Gasteiger partial charge in [0.25, 0.3) is 10.1 Å². The molecule has 86 valence electrons. The van der Waals surface area contributed by atoms with Gasteiger partial charge >= 0.3 is 0 Å². The second-order valence-electron chi connectivity index (χ2n) is 3.72. The Kier molecular flexibility index (Phi) is 2.01. The number of nitrogens with zero attached hydrogens (tertiary/aromatic N) is 3. The van der Waals surface area contributed by atoms with Crippen molar-refractivity contribution in [1.82, 2.24) is 0 Å². The van der Waals surface area contributed by atoms with E-state index in [4.69, 9.17) is 0 Å². The predicted molar refractivity (Wildman–Crippen MR) is 60.1 cm³/mol. The maximum absolute atomic E-state index is 11.3. The molecule has 1 aliphatic carbocycles. The summed E-state index contributed by atoms with van der Waals surface area (Å²) >= 11 is 0. The molecule has 2 aliphatic rings. The molecule has 0 unspecified atom stereocenters. The molecule has 1 heterocycles. The third-order valence-corrected chi connectivity index (χ3v) is 3.67. The van der Waals surface area contributed by atoms with Crippen LogP contribution in [-0.2, 0) is 16.5 Å². The Morgan fingerprint density at radius 2 is 2.00 bits per heavy atom. The first-order chi connectivity index (χ1) is 8.07. The van der Waals surface area contributed by atoms with Crippen LogP contribution in [-0.4, -0.2) is 18.7 Å². The van der Waals surface area contributed by atoms with Gasteiger partial charge in [0.2, 0.25) is 0 Å². The number of rotatable bonds is 1. The SMILES string of the molecule is O=S(=O)(O)C1=C2N=NN=C2c2ccccc2C1. The van der Waals surface area contributed by atoms with Crippen LogP contribution in [0.25, 0.3) is 0 Å². The smallest absolute Gasteiger partial charge is 0.282 e. The monoisotopic (exact) mass is 249 g/mol. The summed E-state index contributed by atoms with van der Waals surface area (Å²) in [5, 5.41) is 10.9. The first kappa shape index (κ1) is 10.3. The van der Waals surface area contributed by atoms with Crippen LogP contribution < -0.4 is 0 Å². The van der Waals surface area contributed by atoms with E-state index in [9.17, 15) is 13.0 Å². The number of hydrogen-bond donors (Lipinski definition) is 1. The summed E-state index contributed by atoms with van der Waals surface area (Å²) in [4.78, 5) is -0.142. The van der Waals surface area contributed by atoms with E-state index in [-0.39, 0.29) is 17.0 Å². The van der Waals surface area contributed by atoms with Crippen molar-refractivity contribution in [1.29, 1.82) is 0 Å². The second kappa shape index (κ2) is 3.31. The van der Waals surface area contributed by atoms with Gasteiger partial charge < -0.3 is 0 Å². The van der Waals surface area contributed by atoms with E-state index in [1.54, 1.807) is 12.1 Å². The van der Waals surface area contributed by atoms with Crippen molar-refractivity contribution in [2.24, 2.45) is 15.4 Å². The lowest BCUT2D eigenvalue weighted by atomic mass is 9.93. The summed E-state index contributed by atoms with van der Waals surface area (Å²) in [6, 6.07) is 7.24. The van der Waals surface area contributed by atoms with Gasteiger partial charge in [0.1, 0.15) is 16.3 Å². The molecule has 0 aromatic heterocycles. The summed E-state index contributed by atoms with van der Waals surface area (Å²) in [5.74, 6) is 0. The Labute approximate surface area is 97.1 Å². The van der Waals surface area contributed by atoms with Crippen molar-refractivity contribution < 1.29 is 13.0 Å². The lowest BCUT2D eigenvalue weighted by molar-refractivity contribution is 0.489. The van der Waals surface area contributed by atoms with E-state index in [0.29, 0.717) is 5.71 Å². The zero-order chi connectivity index (χ0) is 12.0. The van der Waals surface area contributed by atoms with Gasteiger partial charge in [0.05, 0.1) is 0 Å². The van der Waals surface area contributed by atoms with Gasteiger partial charge in [-0.15, -0.1) is 10.2 Å². The molecule has 7 heteroatoms. The largest absolute Gasteiger partial charge is 0.293 e. The molecule has 0 bridgehead atoms. The van der Waals surface area contributed by atoms with E-state index in [1.807, 2.05) is 12.1 Å². The summed E-state index contributed by atoms with van der Waals surface area (Å²) in [7, 11) is -4.28.